The summed E-state index contributed by atoms with van der Waals surface area (Å²) in [5.74, 6) is -2.30. The van der Waals surface area contributed by atoms with Gasteiger partial charge in [0.2, 0.25) is 0 Å². The number of Topliss-reactive ketones (excluding diaryl/α,β-unsaturated/α-hetero) is 1. The Morgan fingerprint density at radius 2 is 1.84 bits per heavy atom. The topological polar surface area (TPSA) is 84.9 Å². The molecule has 0 amide bonds. The molecule has 1 N–H and O–H groups in total. The SMILES string of the molecule is CCOC(=O)C(OC(=O)c1ccc2c(c1)N(Cc1ccc(Cl)cc1Cl)C(C)(C)N2)C(C)=O. The second kappa shape index (κ2) is 9.38. The van der Waals surface area contributed by atoms with E-state index >= 15 is 0 Å². The molecule has 170 valence electrons. The smallest absolute Gasteiger partial charge is 0.355 e. The van der Waals surface area contributed by atoms with Crippen LogP contribution >= 0.6 is 23.2 Å². The number of halogens is 2. The number of carbonyl (C=O) groups excluding carboxylic acids is 3. The second-order valence-electron chi connectivity index (χ2n) is 7.89. The zero-order chi connectivity index (χ0) is 23.6. The number of nitrogens with zero attached hydrogens (tertiary/aromatic N) is 1. The lowest BCUT2D eigenvalue weighted by atomic mass is 10.1. The number of benzene rings is 2. The van der Waals surface area contributed by atoms with Crippen LogP contribution in [0.2, 0.25) is 10.0 Å². The van der Waals surface area contributed by atoms with Crippen molar-refractivity contribution in [3.05, 3.63) is 57.6 Å². The van der Waals surface area contributed by atoms with Gasteiger partial charge in [0.1, 0.15) is 5.66 Å². The van der Waals surface area contributed by atoms with Crippen molar-refractivity contribution < 1.29 is 23.9 Å². The van der Waals surface area contributed by atoms with Crippen molar-refractivity contribution in [1.82, 2.24) is 0 Å². The Balaban J connectivity index is 1.89. The number of fused-ring (bicyclic) bond motifs is 1. The van der Waals surface area contributed by atoms with Crippen LogP contribution in [0.15, 0.2) is 36.4 Å². The lowest BCUT2D eigenvalue weighted by Crippen LogP contribution is -2.44. The number of hydrogen-bond donors (Lipinski definition) is 1. The summed E-state index contributed by atoms with van der Waals surface area (Å²) in [6.45, 7) is 7.31. The number of nitrogens with one attached hydrogen (secondary N) is 1. The van der Waals surface area contributed by atoms with E-state index in [4.69, 9.17) is 32.7 Å². The molecule has 1 heterocycles. The number of anilines is 2. The quantitative estimate of drug-likeness (QED) is 0.450. The van der Waals surface area contributed by atoms with E-state index in [1.807, 2.05) is 19.9 Å². The lowest BCUT2D eigenvalue weighted by molar-refractivity contribution is -0.157. The van der Waals surface area contributed by atoms with Crippen LogP contribution in [0.5, 0.6) is 0 Å². The van der Waals surface area contributed by atoms with Gasteiger partial charge in [0, 0.05) is 16.6 Å². The first-order valence-electron chi connectivity index (χ1n) is 10.1. The Kier molecular flexibility index (Phi) is 7.00. The first-order chi connectivity index (χ1) is 15.0. The van der Waals surface area contributed by atoms with E-state index in [0.717, 1.165) is 16.9 Å². The van der Waals surface area contributed by atoms with Crippen molar-refractivity contribution in [2.45, 2.75) is 46.0 Å². The molecule has 7 nitrogen and oxygen atoms in total. The molecule has 0 aliphatic carbocycles. The fourth-order valence-electron chi connectivity index (χ4n) is 3.48. The number of ether oxygens (including phenoxy) is 2. The third kappa shape index (κ3) is 5.00. The van der Waals surface area contributed by atoms with Crippen LogP contribution in [0, 0.1) is 0 Å². The van der Waals surface area contributed by atoms with Crippen molar-refractivity contribution in [3.8, 4) is 0 Å². The van der Waals surface area contributed by atoms with Crippen LogP contribution in [0.25, 0.3) is 0 Å². The van der Waals surface area contributed by atoms with Crippen molar-refractivity contribution in [1.29, 1.82) is 0 Å². The molecule has 1 unspecified atom stereocenters. The molecule has 0 radical (unpaired) electrons. The molecule has 32 heavy (non-hydrogen) atoms. The predicted molar refractivity (Wildman–Crippen MR) is 123 cm³/mol. The number of carbonyl (C=O) groups is 3. The average molecular weight is 479 g/mol. The summed E-state index contributed by atoms with van der Waals surface area (Å²) in [6, 6.07) is 10.3. The van der Waals surface area contributed by atoms with E-state index in [0.29, 0.717) is 16.6 Å². The third-order valence-electron chi connectivity index (χ3n) is 5.08. The summed E-state index contributed by atoms with van der Waals surface area (Å²) >= 11 is 12.4. The summed E-state index contributed by atoms with van der Waals surface area (Å²) in [5.41, 5.74) is 2.17. The molecule has 0 saturated heterocycles. The van der Waals surface area contributed by atoms with Crippen molar-refractivity contribution in [3.63, 3.8) is 0 Å². The molecular weight excluding hydrogens is 455 g/mol. The summed E-state index contributed by atoms with van der Waals surface area (Å²) in [6.07, 6.45) is -1.60. The van der Waals surface area contributed by atoms with Gasteiger partial charge >= 0.3 is 11.9 Å². The normalized spacial score (nSPS) is 14.9. The van der Waals surface area contributed by atoms with Crippen LogP contribution in [0.3, 0.4) is 0 Å². The Morgan fingerprint density at radius 3 is 2.47 bits per heavy atom. The van der Waals surface area contributed by atoms with E-state index in [-0.39, 0.29) is 12.2 Å². The predicted octanol–water partition coefficient (Wildman–Crippen LogP) is 4.84. The van der Waals surface area contributed by atoms with E-state index in [9.17, 15) is 14.4 Å². The average Bonchev–Trinajstić information content (AvgIpc) is 2.96. The highest BCUT2D eigenvalue weighted by atomic mass is 35.5. The summed E-state index contributed by atoms with van der Waals surface area (Å²) in [4.78, 5) is 38.6. The van der Waals surface area contributed by atoms with Crippen LogP contribution in [0.1, 0.15) is 43.6 Å². The molecule has 0 saturated carbocycles. The van der Waals surface area contributed by atoms with Gasteiger partial charge in [-0.3, -0.25) is 4.79 Å². The first kappa shape index (κ1) is 23.9. The molecule has 1 aliphatic heterocycles. The molecule has 2 aromatic rings. The monoisotopic (exact) mass is 478 g/mol. The fraction of sp³-hybridized carbons (Fsp3) is 0.348. The minimum absolute atomic E-state index is 0.0714. The van der Waals surface area contributed by atoms with Gasteiger partial charge < -0.3 is 19.7 Å². The molecule has 0 fully saturated rings. The molecule has 1 aliphatic rings. The van der Waals surface area contributed by atoms with Crippen molar-refractivity contribution in [2.24, 2.45) is 0 Å². The van der Waals surface area contributed by atoms with E-state index in [2.05, 4.69) is 10.2 Å². The Morgan fingerprint density at radius 1 is 1.12 bits per heavy atom. The molecular formula is C23H24Cl2N2O5. The van der Waals surface area contributed by atoms with E-state index in [1.54, 1.807) is 37.3 Å². The molecule has 1 atom stereocenters. The highest BCUT2D eigenvalue weighted by Gasteiger charge is 2.37. The summed E-state index contributed by atoms with van der Waals surface area (Å²) < 4.78 is 10.0. The van der Waals surface area contributed by atoms with Gasteiger partial charge in [-0.15, -0.1) is 0 Å². The molecule has 2 aromatic carbocycles. The Hall–Kier alpha value is -2.77. The maximum Gasteiger partial charge on any atom is 0.355 e. The lowest BCUT2D eigenvalue weighted by Gasteiger charge is -2.34. The number of hydrogen-bond acceptors (Lipinski definition) is 7. The molecule has 9 heteroatoms. The summed E-state index contributed by atoms with van der Waals surface area (Å²) in [5, 5.41) is 4.50. The minimum Gasteiger partial charge on any atom is -0.463 e. The zero-order valence-corrected chi connectivity index (χ0v) is 19.7. The highest BCUT2D eigenvalue weighted by molar-refractivity contribution is 6.35. The summed E-state index contributed by atoms with van der Waals surface area (Å²) in [7, 11) is 0. The van der Waals surface area contributed by atoms with Gasteiger partial charge in [-0.1, -0.05) is 29.3 Å². The van der Waals surface area contributed by atoms with Gasteiger partial charge in [-0.05, 0) is 63.6 Å². The van der Waals surface area contributed by atoms with Crippen LogP contribution in [0.4, 0.5) is 11.4 Å². The number of ketones is 1. The van der Waals surface area contributed by atoms with Crippen molar-refractivity contribution in [2.75, 3.05) is 16.8 Å². The number of rotatable bonds is 7. The first-order valence-corrected chi connectivity index (χ1v) is 10.8. The van der Waals surface area contributed by atoms with Gasteiger partial charge in [-0.2, -0.15) is 0 Å². The second-order valence-corrected chi connectivity index (χ2v) is 8.73. The van der Waals surface area contributed by atoms with Crippen LogP contribution in [-0.2, 0) is 25.6 Å². The van der Waals surface area contributed by atoms with Crippen molar-refractivity contribution >= 4 is 52.3 Å². The largest absolute Gasteiger partial charge is 0.463 e. The Labute approximate surface area is 196 Å². The van der Waals surface area contributed by atoms with Crippen LogP contribution < -0.4 is 10.2 Å². The van der Waals surface area contributed by atoms with E-state index < -0.39 is 29.5 Å². The maximum absolute atomic E-state index is 12.7. The third-order valence-corrected chi connectivity index (χ3v) is 5.66. The van der Waals surface area contributed by atoms with Gasteiger partial charge in [0.15, 0.2) is 5.78 Å². The standard InChI is InChI=1S/C23H24Cl2N2O5/c1-5-31-22(30)20(13(2)28)32-21(29)14-7-9-18-19(10-14)27(23(3,4)26-18)12-15-6-8-16(24)11-17(15)25/h6-11,20,26H,5,12H2,1-4H3. The highest BCUT2D eigenvalue weighted by Crippen LogP contribution is 2.42. The molecule has 0 aromatic heterocycles. The van der Waals surface area contributed by atoms with E-state index in [1.165, 1.54) is 6.92 Å². The minimum atomic E-state index is -1.60. The van der Waals surface area contributed by atoms with Gasteiger partial charge in [0.25, 0.3) is 6.10 Å². The fourth-order valence-corrected chi connectivity index (χ4v) is 3.95. The number of esters is 2. The van der Waals surface area contributed by atoms with Gasteiger partial charge in [-0.25, -0.2) is 9.59 Å². The van der Waals surface area contributed by atoms with Gasteiger partial charge in [0.05, 0.1) is 23.5 Å². The maximum atomic E-state index is 12.7. The van der Waals surface area contributed by atoms with Crippen LogP contribution in [-0.4, -0.2) is 36.1 Å². The molecule has 3 rings (SSSR count). The molecule has 0 spiro atoms. The zero-order valence-electron chi connectivity index (χ0n) is 18.2. The Bertz CT molecular complexity index is 1070. The molecule has 0 bridgehead atoms.